The van der Waals surface area contributed by atoms with E-state index in [1.807, 2.05) is 0 Å². The zero-order valence-corrected chi connectivity index (χ0v) is 25.5. The Balaban J connectivity index is 1.69. The first-order chi connectivity index (χ1) is 19.8. The van der Waals surface area contributed by atoms with Gasteiger partial charge in [0.1, 0.15) is 5.69 Å². The number of halogens is 1. The standard InChI is InChI=1S/C26H27BrN3O11P/c1-26(25(33)40-5)23(31)18-13-8-12(27)10-30(15(13)9-16(20(18)29-26)41-42(34,35)36)24(32)14-6-11-7-17(37-2)21(38-3)22(39-4)19(11)28-14/h6-7,9,12,28-29H,8,10H2,1-5H3,(H2,34,35,36)/t12-,26+/m0/s1. The van der Waals surface area contributed by atoms with Crippen LogP contribution in [0.4, 0.5) is 11.4 Å². The van der Waals surface area contributed by atoms with Gasteiger partial charge in [0.2, 0.25) is 11.5 Å². The van der Waals surface area contributed by atoms with Gasteiger partial charge in [0.05, 0.1) is 50.9 Å². The van der Waals surface area contributed by atoms with Crippen molar-refractivity contribution < 1.29 is 52.2 Å². The SMILES string of the molecule is COC(=O)[C@]1(C)Nc2c(OP(=O)(O)O)cc3c(c2C1=O)C[C@H](Br)CN3C(=O)c1cc2cc(OC)c(OC)c(OC)c2[nH]1. The van der Waals surface area contributed by atoms with Crippen LogP contribution in [0, 0.1) is 0 Å². The minimum atomic E-state index is -5.13. The van der Waals surface area contributed by atoms with Crippen molar-refractivity contribution in [1.82, 2.24) is 4.98 Å². The van der Waals surface area contributed by atoms with Crippen LogP contribution in [0.1, 0.15) is 33.3 Å². The number of ketones is 1. The number of Topliss-reactive ketones (excluding diaryl/α,β-unsaturated/α-hetero) is 1. The highest BCUT2D eigenvalue weighted by Crippen LogP contribution is 2.52. The highest BCUT2D eigenvalue weighted by Gasteiger charge is 2.52. The zero-order chi connectivity index (χ0) is 30.7. The number of anilines is 2. The van der Waals surface area contributed by atoms with Crippen molar-refractivity contribution in [3.05, 3.63) is 35.0 Å². The van der Waals surface area contributed by atoms with Crippen molar-refractivity contribution in [2.75, 3.05) is 45.2 Å². The number of benzene rings is 2. The molecule has 0 saturated heterocycles. The first-order valence-electron chi connectivity index (χ1n) is 12.4. The maximum atomic E-state index is 14.0. The third kappa shape index (κ3) is 4.66. The maximum Gasteiger partial charge on any atom is 0.524 e. The van der Waals surface area contributed by atoms with Gasteiger partial charge >= 0.3 is 13.8 Å². The van der Waals surface area contributed by atoms with E-state index in [1.54, 1.807) is 12.1 Å². The van der Waals surface area contributed by atoms with Gasteiger partial charge in [0.25, 0.3) is 5.91 Å². The number of fused-ring (bicyclic) bond motifs is 4. The van der Waals surface area contributed by atoms with Gasteiger partial charge < -0.3 is 38.7 Å². The largest absolute Gasteiger partial charge is 0.524 e. The minimum Gasteiger partial charge on any atom is -0.493 e. The van der Waals surface area contributed by atoms with E-state index in [4.69, 9.17) is 23.5 Å². The number of carbonyl (C=O) groups is 3. The van der Waals surface area contributed by atoms with Crippen LogP contribution in [0.2, 0.25) is 0 Å². The van der Waals surface area contributed by atoms with Crippen molar-refractivity contribution in [1.29, 1.82) is 0 Å². The van der Waals surface area contributed by atoms with Gasteiger partial charge in [-0.3, -0.25) is 19.4 Å². The van der Waals surface area contributed by atoms with E-state index in [2.05, 4.69) is 26.2 Å². The first-order valence-corrected chi connectivity index (χ1v) is 14.9. The number of methoxy groups -OCH3 is 4. The molecule has 16 heteroatoms. The van der Waals surface area contributed by atoms with Gasteiger partial charge in [0.15, 0.2) is 22.8 Å². The van der Waals surface area contributed by atoms with E-state index >= 15 is 0 Å². The number of aromatic amines is 1. The number of phosphoric ester groups is 1. The van der Waals surface area contributed by atoms with Gasteiger partial charge in [0, 0.05) is 22.8 Å². The smallest absolute Gasteiger partial charge is 0.493 e. The van der Waals surface area contributed by atoms with Crippen LogP contribution in [0.25, 0.3) is 10.9 Å². The number of nitrogens with one attached hydrogen (secondary N) is 2. The molecule has 0 bridgehead atoms. The van der Waals surface area contributed by atoms with Crippen LogP contribution in [0.3, 0.4) is 0 Å². The van der Waals surface area contributed by atoms with Gasteiger partial charge in [-0.05, 0) is 31.0 Å². The lowest BCUT2D eigenvalue weighted by Crippen LogP contribution is -2.47. The van der Waals surface area contributed by atoms with Crippen molar-refractivity contribution in [3.8, 4) is 23.0 Å². The fourth-order valence-corrected chi connectivity index (χ4v) is 6.41. The molecule has 1 amide bonds. The highest BCUT2D eigenvalue weighted by molar-refractivity contribution is 9.09. The van der Waals surface area contributed by atoms with Gasteiger partial charge in [-0.2, -0.15) is 0 Å². The molecule has 0 spiro atoms. The fraction of sp³-hybridized carbons (Fsp3) is 0.346. The monoisotopic (exact) mass is 667 g/mol. The Hall–Kier alpha value is -3.78. The lowest BCUT2D eigenvalue weighted by Gasteiger charge is -2.33. The van der Waals surface area contributed by atoms with Gasteiger partial charge in [-0.15, -0.1) is 0 Å². The zero-order valence-electron chi connectivity index (χ0n) is 23.1. The summed E-state index contributed by atoms with van der Waals surface area (Å²) in [7, 11) is 0.364. The lowest BCUT2D eigenvalue weighted by molar-refractivity contribution is -0.143. The molecule has 0 aliphatic carbocycles. The molecular formula is C26H27BrN3O11P. The Bertz CT molecular complexity index is 1700. The first kappa shape index (κ1) is 29.7. The van der Waals surface area contributed by atoms with E-state index < -0.39 is 36.8 Å². The number of H-pyrrole nitrogens is 1. The second-order valence-electron chi connectivity index (χ2n) is 9.78. The molecule has 1 aromatic heterocycles. The molecule has 0 unspecified atom stereocenters. The summed E-state index contributed by atoms with van der Waals surface area (Å²) < 4.78 is 38.1. The Kier molecular flexibility index (Phi) is 7.42. The summed E-state index contributed by atoms with van der Waals surface area (Å²) in [5.74, 6) is -1.50. The van der Waals surface area contributed by atoms with Crippen LogP contribution < -0.4 is 29.0 Å². The number of carbonyl (C=O) groups excluding carboxylic acids is 3. The molecule has 0 fully saturated rings. The van der Waals surface area contributed by atoms with Crippen molar-refractivity contribution in [2.45, 2.75) is 23.7 Å². The van der Waals surface area contributed by atoms with Crippen molar-refractivity contribution >= 4 is 63.7 Å². The van der Waals surface area contributed by atoms with Crippen LogP contribution in [-0.4, -0.2) is 77.8 Å². The summed E-state index contributed by atoms with van der Waals surface area (Å²) in [5, 5.41) is 3.33. The topological polar surface area (TPSA) is 186 Å². The average Bonchev–Trinajstić information content (AvgIpc) is 3.49. The predicted octanol–water partition coefficient (Wildman–Crippen LogP) is 3.17. The van der Waals surface area contributed by atoms with Gasteiger partial charge in [-0.1, -0.05) is 15.9 Å². The summed E-state index contributed by atoms with van der Waals surface area (Å²) in [6.45, 7) is 1.43. The number of aromatic nitrogens is 1. The number of esters is 1. The lowest BCUT2D eigenvalue weighted by atomic mass is 9.89. The van der Waals surface area contributed by atoms with E-state index in [-0.39, 0.29) is 40.4 Å². The number of alkyl halides is 1. The number of ether oxygens (including phenoxy) is 4. The van der Waals surface area contributed by atoms with Crippen molar-refractivity contribution in [2.24, 2.45) is 0 Å². The molecule has 3 aromatic rings. The molecule has 5 rings (SSSR count). The number of phosphoric acid groups is 1. The Morgan fingerprint density at radius 1 is 1.07 bits per heavy atom. The van der Waals surface area contributed by atoms with E-state index in [9.17, 15) is 28.7 Å². The Morgan fingerprint density at radius 3 is 2.36 bits per heavy atom. The summed E-state index contributed by atoms with van der Waals surface area (Å²) in [4.78, 5) is 63.7. The van der Waals surface area contributed by atoms with Crippen LogP contribution >= 0.6 is 23.8 Å². The molecule has 2 aromatic carbocycles. The molecule has 0 radical (unpaired) electrons. The maximum absolute atomic E-state index is 14.0. The van der Waals surface area contributed by atoms with Gasteiger partial charge in [-0.25, -0.2) is 9.36 Å². The third-order valence-electron chi connectivity index (χ3n) is 7.23. The fourth-order valence-electron chi connectivity index (χ4n) is 5.39. The molecule has 224 valence electrons. The number of rotatable bonds is 7. The predicted molar refractivity (Wildman–Crippen MR) is 154 cm³/mol. The number of hydrogen-bond acceptors (Lipinski definition) is 10. The molecule has 14 nitrogen and oxygen atoms in total. The molecular weight excluding hydrogens is 641 g/mol. The summed E-state index contributed by atoms with van der Waals surface area (Å²) >= 11 is 3.57. The Labute approximate surface area is 247 Å². The number of amides is 1. The van der Waals surface area contributed by atoms with Crippen LogP contribution in [-0.2, 0) is 20.5 Å². The normalized spacial score (nSPS) is 19.6. The Morgan fingerprint density at radius 2 is 1.76 bits per heavy atom. The summed E-state index contributed by atoms with van der Waals surface area (Å²) in [5.41, 5.74) is -0.822. The second kappa shape index (κ2) is 10.5. The quantitative estimate of drug-likeness (QED) is 0.125. The molecule has 42 heavy (non-hydrogen) atoms. The average molecular weight is 668 g/mol. The van der Waals surface area contributed by atoms with Crippen LogP contribution in [0.15, 0.2) is 18.2 Å². The molecule has 3 heterocycles. The molecule has 2 atom stereocenters. The third-order valence-corrected chi connectivity index (χ3v) is 8.28. The molecule has 2 aliphatic heterocycles. The van der Waals surface area contributed by atoms with E-state index in [0.29, 0.717) is 33.7 Å². The van der Waals surface area contributed by atoms with E-state index in [0.717, 1.165) is 7.11 Å². The number of hydrogen-bond donors (Lipinski definition) is 4. The highest BCUT2D eigenvalue weighted by atomic mass is 79.9. The van der Waals surface area contributed by atoms with E-state index in [1.165, 1.54) is 39.2 Å². The molecule has 4 N–H and O–H groups in total. The van der Waals surface area contributed by atoms with Crippen LogP contribution in [0.5, 0.6) is 23.0 Å². The minimum absolute atomic E-state index is 0.0291. The number of nitrogens with zero attached hydrogens (tertiary/aromatic N) is 1. The second-order valence-corrected chi connectivity index (χ2v) is 12.2. The molecule has 0 saturated carbocycles. The summed E-state index contributed by atoms with van der Waals surface area (Å²) in [6.07, 6.45) is 0.261. The summed E-state index contributed by atoms with van der Waals surface area (Å²) in [6, 6.07) is 4.54. The van der Waals surface area contributed by atoms with Crippen molar-refractivity contribution in [3.63, 3.8) is 0 Å². The molecule has 2 aliphatic rings.